The Kier molecular flexibility index (Phi) is 4.53. The number of hydrogen-bond donors (Lipinski definition) is 0. The molecule has 0 saturated heterocycles. The van der Waals surface area contributed by atoms with Crippen LogP contribution in [0.5, 0.6) is 0 Å². The molecule has 88 valence electrons. The molecule has 1 unspecified atom stereocenters. The lowest BCUT2D eigenvalue weighted by Crippen LogP contribution is -2.20. The first kappa shape index (κ1) is 12.8. The van der Waals surface area contributed by atoms with Crippen molar-refractivity contribution in [1.82, 2.24) is 4.90 Å². The van der Waals surface area contributed by atoms with Crippen molar-refractivity contribution in [3.63, 3.8) is 0 Å². The Morgan fingerprint density at radius 3 is 2.44 bits per heavy atom. The standard InChI is InChI=1S/C14H20FN/c1-5-11(2)12(3)16(4)10-13-6-8-14(15)9-7-13/h6-9,11H,3,5,10H2,1-2,4H3. The molecule has 1 aromatic rings. The molecular weight excluding hydrogens is 201 g/mol. The second kappa shape index (κ2) is 5.69. The van der Waals surface area contributed by atoms with Crippen LogP contribution in [-0.2, 0) is 6.54 Å². The van der Waals surface area contributed by atoms with Gasteiger partial charge in [-0.25, -0.2) is 4.39 Å². The minimum atomic E-state index is -0.188. The van der Waals surface area contributed by atoms with Gasteiger partial charge in [0.05, 0.1) is 0 Å². The van der Waals surface area contributed by atoms with Crippen LogP contribution in [0.15, 0.2) is 36.5 Å². The molecule has 1 nitrogen and oxygen atoms in total. The van der Waals surface area contributed by atoms with E-state index in [1.807, 2.05) is 19.2 Å². The summed E-state index contributed by atoms with van der Waals surface area (Å²) in [6.07, 6.45) is 1.09. The average Bonchev–Trinajstić information content (AvgIpc) is 2.30. The molecule has 0 saturated carbocycles. The quantitative estimate of drug-likeness (QED) is 0.730. The zero-order valence-electron chi connectivity index (χ0n) is 10.3. The van der Waals surface area contributed by atoms with Crippen molar-refractivity contribution in [2.24, 2.45) is 5.92 Å². The lowest BCUT2D eigenvalue weighted by molar-refractivity contribution is 0.357. The van der Waals surface area contributed by atoms with Gasteiger partial charge in [-0.15, -0.1) is 0 Å². The van der Waals surface area contributed by atoms with Crippen LogP contribution in [0.2, 0.25) is 0 Å². The molecular formula is C14H20FN. The van der Waals surface area contributed by atoms with E-state index in [1.165, 1.54) is 12.1 Å². The third kappa shape index (κ3) is 3.37. The van der Waals surface area contributed by atoms with Crippen LogP contribution in [-0.4, -0.2) is 11.9 Å². The van der Waals surface area contributed by atoms with E-state index in [1.54, 1.807) is 0 Å². The molecule has 0 bridgehead atoms. The summed E-state index contributed by atoms with van der Waals surface area (Å²) in [5, 5.41) is 0. The van der Waals surface area contributed by atoms with Crippen molar-refractivity contribution in [2.75, 3.05) is 7.05 Å². The Morgan fingerprint density at radius 2 is 1.94 bits per heavy atom. The molecule has 0 spiro atoms. The summed E-state index contributed by atoms with van der Waals surface area (Å²) in [6.45, 7) is 9.20. The zero-order chi connectivity index (χ0) is 12.1. The maximum absolute atomic E-state index is 12.7. The Morgan fingerprint density at radius 1 is 1.38 bits per heavy atom. The summed E-state index contributed by atoms with van der Waals surface area (Å²) >= 11 is 0. The smallest absolute Gasteiger partial charge is 0.123 e. The molecule has 1 atom stereocenters. The normalized spacial score (nSPS) is 12.2. The Hall–Kier alpha value is -1.31. The van der Waals surface area contributed by atoms with Gasteiger partial charge in [0.15, 0.2) is 0 Å². The second-order valence-corrected chi connectivity index (χ2v) is 4.28. The summed E-state index contributed by atoms with van der Waals surface area (Å²) in [5.74, 6) is 0.303. The van der Waals surface area contributed by atoms with Gasteiger partial charge in [-0.2, -0.15) is 0 Å². The van der Waals surface area contributed by atoms with E-state index in [2.05, 4.69) is 25.3 Å². The molecule has 1 aromatic carbocycles. The zero-order valence-corrected chi connectivity index (χ0v) is 10.3. The number of benzene rings is 1. The van der Waals surface area contributed by atoms with E-state index in [-0.39, 0.29) is 5.82 Å². The first-order valence-corrected chi connectivity index (χ1v) is 5.69. The summed E-state index contributed by atoms with van der Waals surface area (Å²) < 4.78 is 12.7. The highest BCUT2D eigenvalue weighted by Crippen LogP contribution is 2.17. The highest BCUT2D eigenvalue weighted by Gasteiger charge is 2.09. The molecule has 16 heavy (non-hydrogen) atoms. The van der Waals surface area contributed by atoms with Gasteiger partial charge in [0.25, 0.3) is 0 Å². The van der Waals surface area contributed by atoms with Crippen molar-refractivity contribution < 1.29 is 4.39 Å². The monoisotopic (exact) mass is 221 g/mol. The average molecular weight is 221 g/mol. The van der Waals surface area contributed by atoms with Gasteiger partial charge in [0.2, 0.25) is 0 Å². The van der Waals surface area contributed by atoms with E-state index in [0.29, 0.717) is 5.92 Å². The van der Waals surface area contributed by atoms with Crippen molar-refractivity contribution in [3.8, 4) is 0 Å². The lowest BCUT2D eigenvalue weighted by atomic mass is 10.0. The molecule has 2 heteroatoms. The molecule has 0 heterocycles. The minimum Gasteiger partial charge on any atom is -0.374 e. The van der Waals surface area contributed by atoms with Crippen LogP contribution >= 0.6 is 0 Å². The van der Waals surface area contributed by atoms with Crippen LogP contribution < -0.4 is 0 Å². The predicted molar refractivity (Wildman–Crippen MR) is 66.5 cm³/mol. The van der Waals surface area contributed by atoms with Crippen LogP contribution in [0.3, 0.4) is 0 Å². The van der Waals surface area contributed by atoms with Gasteiger partial charge in [0.1, 0.15) is 5.82 Å². The first-order valence-electron chi connectivity index (χ1n) is 5.69. The maximum atomic E-state index is 12.7. The summed E-state index contributed by atoms with van der Waals surface area (Å²) in [7, 11) is 2.03. The van der Waals surface area contributed by atoms with Gasteiger partial charge in [-0.1, -0.05) is 32.6 Å². The Balaban J connectivity index is 2.60. The van der Waals surface area contributed by atoms with E-state index < -0.39 is 0 Å². The molecule has 0 aliphatic carbocycles. The van der Waals surface area contributed by atoms with Crippen molar-refractivity contribution in [2.45, 2.75) is 26.8 Å². The SMILES string of the molecule is C=C(C(C)CC)N(C)Cc1ccc(F)cc1. The molecule has 1 rings (SSSR count). The number of nitrogens with zero attached hydrogens (tertiary/aromatic N) is 1. The first-order chi connectivity index (χ1) is 7.54. The summed E-state index contributed by atoms with van der Waals surface area (Å²) in [4.78, 5) is 2.13. The third-order valence-electron chi connectivity index (χ3n) is 3.00. The van der Waals surface area contributed by atoms with Crippen LogP contribution in [0.25, 0.3) is 0 Å². The topological polar surface area (TPSA) is 3.24 Å². The molecule has 0 N–H and O–H groups in total. The largest absolute Gasteiger partial charge is 0.374 e. The summed E-state index contributed by atoms with van der Waals surface area (Å²) in [5.41, 5.74) is 2.24. The fourth-order valence-corrected chi connectivity index (χ4v) is 1.58. The van der Waals surface area contributed by atoms with E-state index in [0.717, 1.165) is 24.2 Å². The number of hydrogen-bond acceptors (Lipinski definition) is 1. The number of allylic oxidation sites excluding steroid dienone is 1. The maximum Gasteiger partial charge on any atom is 0.123 e. The number of rotatable bonds is 5. The number of halogens is 1. The second-order valence-electron chi connectivity index (χ2n) is 4.28. The third-order valence-corrected chi connectivity index (χ3v) is 3.00. The highest BCUT2D eigenvalue weighted by atomic mass is 19.1. The summed E-state index contributed by atoms with van der Waals surface area (Å²) in [6, 6.07) is 6.62. The molecule has 0 aliphatic heterocycles. The van der Waals surface area contributed by atoms with Crippen molar-refractivity contribution in [3.05, 3.63) is 47.9 Å². The van der Waals surface area contributed by atoms with Gasteiger partial charge in [-0.05, 0) is 30.0 Å². The fraction of sp³-hybridized carbons (Fsp3) is 0.429. The van der Waals surface area contributed by atoms with Gasteiger partial charge in [-0.3, -0.25) is 0 Å². The van der Waals surface area contributed by atoms with Crippen LogP contribution in [0.1, 0.15) is 25.8 Å². The van der Waals surface area contributed by atoms with Gasteiger partial charge < -0.3 is 4.90 Å². The molecule has 0 amide bonds. The molecule has 0 radical (unpaired) electrons. The molecule has 0 aromatic heterocycles. The van der Waals surface area contributed by atoms with E-state index >= 15 is 0 Å². The van der Waals surface area contributed by atoms with Crippen LogP contribution in [0.4, 0.5) is 4.39 Å². The Bertz CT molecular complexity index is 342. The Labute approximate surface area is 97.6 Å². The predicted octanol–water partition coefficient (Wildman–Crippen LogP) is 3.82. The molecule has 0 aliphatic rings. The van der Waals surface area contributed by atoms with E-state index in [4.69, 9.17) is 0 Å². The molecule has 0 fully saturated rings. The minimum absolute atomic E-state index is 0.188. The van der Waals surface area contributed by atoms with Gasteiger partial charge >= 0.3 is 0 Å². The van der Waals surface area contributed by atoms with Gasteiger partial charge in [0, 0.05) is 19.3 Å². The lowest BCUT2D eigenvalue weighted by Gasteiger charge is -2.25. The fourth-order valence-electron chi connectivity index (χ4n) is 1.58. The van der Waals surface area contributed by atoms with Crippen LogP contribution in [0, 0.1) is 11.7 Å². The highest BCUT2D eigenvalue weighted by molar-refractivity contribution is 5.17. The van der Waals surface area contributed by atoms with Crippen molar-refractivity contribution >= 4 is 0 Å². The van der Waals surface area contributed by atoms with E-state index in [9.17, 15) is 4.39 Å². The van der Waals surface area contributed by atoms with Crippen molar-refractivity contribution in [1.29, 1.82) is 0 Å².